The van der Waals surface area contributed by atoms with E-state index in [1.165, 1.54) is 5.56 Å². The normalized spacial score (nSPS) is 19.3. The van der Waals surface area contributed by atoms with Crippen LogP contribution in [0, 0.1) is 5.92 Å². The third kappa shape index (κ3) is 4.73. The highest BCUT2D eigenvalue weighted by molar-refractivity contribution is 5.68. The van der Waals surface area contributed by atoms with Gasteiger partial charge in [-0.1, -0.05) is 30.3 Å². The highest BCUT2D eigenvalue weighted by Crippen LogP contribution is 2.33. The maximum absolute atomic E-state index is 12.4. The molecule has 2 rings (SSSR count). The molecule has 1 aromatic rings. The Morgan fingerprint density at radius 1 is 1.21 bits per heavy atom. The quantitative estimate of drug-likeness (QED) is 0.830. The molecule has 0 radical (unpaired) electrons. The van der Waals surface area contributed by atoms with Crippen molar-refractivity contribution in [2.75, 3.05) is 20.1 Å². The molecule has 4 nitrogen and oxygen atoms in total. The molecule has 1 atom stereocenters. The fraction of sp³-hybridized carbons (Fsp3) is 0.650. The Bertz CT molecular complexity index is 549. The van der Waals surface area contributed by atoms with Crippen LogP contribution in [0.2, 0.25) is 0 Å². The highest BCUT2D eigenvalue weighted by Gasteiger charge is 2.41. The van der Waals surface area contributed by atoms with Crippen LogP contribution in [-0.4, -0.2) is 47.2 Å². The predicted octanol–water partition coefficient (Wildman–Crippen LogP) is 4.15. The van der Waals surface area contributed by atoms with Crippen LogP contribution < -0.4 is 0 Å². The van der Waals surface area contributed by atoms with Gasteiger partial charge < -0.3 is 9.64 Å². The first kappa shape index (κ1) is 18.8. The number of likely N-dealkylation sites (tertiary alicyclic amines) is 1. The highest BCUT2D eigenvalue weighted by atomic mass is 16.6. The van der Waals surface area contributed by atoms with Crippen molar-refractivity contribution in [1.29, 1.82) is 0 Å². The molecule has 1 saturated heterocycles. The summed E-state index contributed by atoms with van der Waals surface area (Å²) >= 11 is 0. The van der Waals surface area contributed by atoms with Gasteiger partial charge in [0.15, 0.2) is 0 Å². The van der Waals surface area contributed by atoms with E-state index in [4.69, 9.17) is 4.74 Å². The lowest BCUT2D eigenvalue weighted by Crippen LogP contribution is -2.52. The van der Waals surface area contributed by atoms with Gasteiger partial charge in [0.05, 0.1) is 0 Å². The molecule has 0 spiro atoms. The number of hydrogen-bond donors (Lipinski definition) is 0. The van der Waals surface area contributed by atoms with Gasteiger partial charge in [0.2, 0.25) is 0 Å². The van der Waals surface area contributed by atoms with Gasteiger partial charge in [-0.2, -0.15) is 0 Å². The van der Waals surface area contributed by atoms with Crippen LogP contribution in [0.3, 0.4) is 0 Å². The lowest BCUT2D eigenvalue weighted by atomic mass is 9.85. The van der Waals surface area contributed by atoms with E-state index in [-0.39, 0.29) is 11.6 Å². The molecule has 1 aliphatic rings. The second kappa shape index (κ2) is 7.14. The fourth-order valence-corrected chi connectivity index (χ4v) is 3.23. The van der Waals surface area contributed by atoms with Crippen molar-refractivity contribution in [1.82, 2.24) is 9.80 Å². The molecule has 0 N–H and O–H groups in total. The van der Waals surface area contributed by atoms with E-state index in [0.29, 0.717) is 5.92 Å². The Labute approximate surface area is 146 Å². The first-order valence-electron chi connectivity index (χ1n) is 8.82. The monoisotopic (exact) mass is 332 g/mol. The summed E-state index contributed by atoms with van der Waals surface area (Å²) in [7, 11) is 1.86. The second-order valence-electron chi connectivity index (χ2n) is 8.40. The van der Waals surface area contributed by atoms with E-state index in [0.717, 1.165) is 26.1 Å². The number of hydrogen-bond acceptors (Lipinski definition) is 3. The third-order valence-electron chi connectivity index (χ3n) is 5.05. The molecule has 0 bridgehead atoms. The Morgan fingerprint density at radius 2 is 1.83 bits per heavy atom. The summed E-state index contributed by atoms with van der Waals surface area (Å²) in [5, 5.41) is 0. The summed E-state index contributed by atoms with van der Waals surface area (Å²) in [5.41, 5.74) is 0.654. The molecule has 1 aliphatic heterocycles. The number of carbonyl (C=O) groups excluding carboxylic acids is 1. The molecule has 1 amide bonds. The second-order valence-corrected chi connectivity index (χ2v) is 8.40. The average molecular weight is 332 g/mol. The van der Waals surface area contributed by atoms with Gasteiger partial charge >= 0.3 is 6.09 Å². The van der Waals surface area contributed by atoms with Crippen LogP contribution in [-0.2, 0) is 11.3 Å². The van der Waals surface area contributed by atoms with E-state index < -0.39 is 5.60 Å². The Balaban J connectivity index is 1.96. The SMILES string of the molecule is CN(C(=O)OC(C)(C)C)C(C)(C)C1CCN(Cc2ccccc2)C1. The standard InChI is InChI=1S/C20H32N2O2/c1-19(2,3)24-18(23)21(6)20(4,5)17-12-13-22(15-17)14-16-10-8-7-9-11-16/h7-11,17H,12-15H2,1-6H3. The van der Waals surface area contributed by atoms with E-state index >= 15 is 0 Å². The molecule has 0 aliphatic carbocycles. The van der Waals surface area contributed by atoms with Crippen molar-refractivity contribution in [3.05, 3.63) is 35.9 Å². The molecule has 1 aromatic carbocycles. The first-order chi connectivity index (χ1) is 11.1. The molecule has 24 heavy (non-hydrogen) atoms. The van der Waals surface area contributed by atoms with Crippen molar-refractivity contribution in [3.63, 3.8) is 0 Å². The van der Waals surface area contributed by atoms with Crippen molar-refractivity contribution in [3.8, 4) is 0 Å². The van der Waals surface area contributed by atoms with E-state index in [1.807, 2.05) is 27.8 Å². The summed E-state index contributed by atoms with van der Waals surface area (Å²) in [6, 6.07) is 10.6. The molecular formula is C20H32N2O2. The Hall–Kier alpha value is -1.55. The topological polar surface area (TPSA) is 32.8 Å². The fourth-order valence-electron chi connectivity index (χ4n) is 3.23. The van der Waals surface area contributed by atoms with Gasteiger partial charge in [0, 0.05) is 25.7 Å². The number of nitrogens with zero attached hydrogens (tertiary/aromatic N) is 2. The molecule has 0 saturated carbocycles. The number of carbonyl (C=O) groups is 1. The zero-order valence-corrected chi connectivity index (χ0v) is 16.0. The van der Waals surface area contributed by atoms with Crippen molar-refractivity contribution in [2.24, 2.45) is 5.92 Å². The van der Waals surface area contributed by atoms with Gasteiger partial charge in [-0.25, -0.2) is 4.79 Å². The number of amides is 1. The third-order valence-corrected chi connectivity index (χ3v) is 5.05. The van der Waals surface area contributed by atoms with E-state index in [9.17, 15) is 4.79 Å². The van der Waals surface area contributed by atoms with Gasteiger partial charge in [-0.15, -0.1) is 0 Å². The minimum absolute atomic E-state index is 0.228. The first-order valence-corrected chi connectivity index (χ1v) is 8.82. The summed E-state index contributed by atoms with van der Waals surface area (Å²) in [4.78, 5) is 16.7. The van der Waals surface area contributed by atoms with Gasteiger partial charge in [0.25, 0.3) is 0 Å². The molecule has 1 unspecified atom stereocenters. The number of rotatable bonds is 4. The molecular weight excluding hydrogens is 300 g/mol. The van der Waals surface area contributed by atoms with Gasteiger partial charge in [-0.05, 0) is 59.1 Å². The van der Waals surface area contributed by atoms with Gasteiger partial charge in [0.1, 0.15) is 5.60 Å². The van der Waals surface area contributed by atoms with Crippen LogP contribution in [0.15, 0.2) is 30.3 Å². The smallest absolute Gasteiger partial charge is 0.410 e. The van der Waals surface area contributed by atoms with Crippen molar-refractivity contribution < 1.29 is 9.53 Å². The minimum atomic E-state index is -0.462. The Kier molecular flexibility index (Phi) is 5.59. The molecule has 1 fully saturated rings. The van der Waals surface area contributed by atoms with E-state index in [1.54, 1.807) is 4.90 Å². The maximum atomic E-state index is 12.4. The summed E-state index contributed by atoms with van der Waals surface area (Å²) in [5.74, 6) is 0.443. The summed E-state index contributed by atoms with van der Waals surface area (Å²) < 4.78 is 5.54. The number of ether oxygens (including phenoxy) is 1. The Morgan fingerprint density at radius 3 is 2.42 bits per heavy atom. The van der Waals surface area contributed by atoms with Crippen LogP contribution in [0.25, 0.3) is 0 Å². The van der Waals surface area contributed by atoms with E-state index in [2.05, 4.69) is 49.1 Å². The lowest BCUT2D eigenvalue weighted by molar-refractivity contribution is 0.000343. The van der Waals surface area contributed by atoms with Gasteiger partial charge in [-0.3, -0.25) is 4.90 Å². The predicted molar refractivity (Wildman–Crippen MR) is 97.9 cm³/mol. The molecule has 134 valence electrons. The zero-order valence-electron chi connectivity index (χ0n) is 16.0. The van der Waals surface area contributed by atoms with Crippen LogP contribution in [0.5, 0.6) is 0 Å². The van der Waals surface area contributed by atoms with Crippen molar-refractivity contribution in [2.45, 2.75) is 58.7 Å². The van der Waals surface area contributed by atoms with Crippen LogP contribution in [0.4, 0.5) is 4.79 Å². The summed E-state index contributed by atoms with van der Waals surface area (Å²) in [6.07, 6.45) is 0.862. The van der Waals surface area contributed by atoms with Crippen molar-refractivity contribution >= 4 is 6.09 Å². The number of benzene rings is 1. The molecule has 0 aromatic heterocycles. The largest absolute Gasteiger partial charge is 0.444 e. The molecule has 4 heteroatoms. The minimum Gasteiger partial charge on any atom is -0.444 e. The zero-order chi connectivity index (χ0) is 18.0. The summed E-state index contributed by atoms with van der Waals surface area (Å²) in [6.45, 7) is 13.1. The maximum Gasteiger partial charge on any atom is 0.410 e. The van der Waals surface area contributed by atoms with Crippen LogP contribution in [0.1, 0.15) is 46.6 Å². The lowest BCUT2D eigenvalue weighted by Gasteiger charge is -2.41. The molecule has 1 heterocycles. The average Bonchev–Trinajstić information content (AvgIpc) is 2.95. The van der Waals surface area contributed by atoms with Crippen LogP contribution >= 0.6 is 0 Å².